The minimum atomic E-state index is -0.253. The predicted molar refractivity (Wildman–Crippen MR) is 72.8 cm³/mol. The van der Waals surface area contributed by atoms with Crippen LogP contribution in [0.15, 0.2) is 18.2 Å². The lowest BCUT2D eigenvalue weighted by atomic mass is 9.62. The van der Waals surface area contributed by atoms with Crippen molar-refractivity contribution < 1.29 is 9.13 Å². The maximum absolute atomic E-state index is 13.9. The SMILES string of the molecule is CCC1(CC)C(Cl)CC1Oc1cccc(C)c1F. The largest absolute Gasteiger partial charge is 0.487 e. The summed E-state index contributed by atoms with van der Waals surface area (Å²) in [5, 5.41) is 0.144. The zero-order valence-electron chi connectivity index (χ0n) is 11.2. The Bertz CT molecular complexity index is 429. The van der Waals surface area contributed by atoms with Crippen molar-refractivity contribution in [1.29, 1.82) is 0 Å². The first-order valence-corrected chi connectivity index (χ1v) is 7.04. The second-order valence-electron chi connectivity index (χ2n) is 5.14. The van der Waals surface area contributed by atoms with Gasteiger partial charge in [-0.15, -0.1) is 11.6 Å². The summed E-state index contributed by atoms with van der Waals surface area (Å²) in [4.78, 5) is 0. The van der Waals surface area contributed by atoms with Gasteiger partial charge in [-0.25, -0.2) is 4.39 Å². The minimum absolute atomic E-state index is 0.00224. The highest BCUT2D eigenvalue weighted by Crippen LogP contribution is 2.52. The van der Waals surface area contributed by atoms with Gasteiger partial charge in [0, 0.05) is 17.2 Å². The van der Waals surface area contributed by atoms with E-state index in [0.717, 1.165) is 19.3 Å². The molecule has 2 unspecified atom stereocenters. The molecular weight excluding hydrogens is 251 g/mol. The van der Waals surface area contributed by atoms with Crippen molar-refractivity contribution in [1.82, 2.24) is 0 Å². The van der Waals surface area contributed by atoms with Crippen LogP contribution in [0.3, 0.4) is 0 Å². The van der Waals surface area contributed by atoms with E-state index < -0.39 is 0 Å². The Hall–Kier alpha value is -0.760. The molecule has 0 spiro atoms. The Balaban J connectivity index is 2.18. The molecule has 100 valence electrons. The van der Waals surface area contributed by atoms with Crippen LogP contribution in [0.2, 0.25) is 0 Å². The standard InChI is InChI=1S/C15H20ClFO/c1-4-15(5-2)12(16)9-13(15)18-11-8-6-7-10(3)14(11)17/h6-8,12-13H,4-5,9H2,1-3H3. The second kappa shape index (κ2) is 5.08. The molecule has 1 aliphatic carbocycles. The number of benzene rings is 1. The fourth-order valence-electron chi connectivity index (χ4n) is 2.88. The Kier molecular flexibility index (Phi) is 3.86. The molecule has 0 N–H and O–H groups in total. The molecule has 0 bridgehead atoms. The highest BCUT2D eigenvalue weighted by Gasteiger charge is 2.53. The summed E-state index contributed by atoms with van der Waals surface area (Å²) in [6, 6.07) is 5.27. The van der Waals surface area contributed by atoms with Gasteiger partial charge < -0.3 is 4.74 Å². The summed E-state index contributed by atoms with van der Waals surface area (Å²) in [5.41, 5.74) is 0.616. The molecule has 1 aromatic rings. The molecular formula is C15H20ClFO. The van der Waals surface area contributed by atoms with Gasteiger partial charge in [0.05, 0.1) is 0 Å². The lowest BCUT2D eigenvalue weighted by Gasteiger charge is -2.52. The quantitative estimate of drug-likeness (QED) is 0.721. The highest BCUT2D eigenvalue weighted by atomic mass is 35.5. The average Bonchev–Trinajstić information content (AvgIpc) is 2.36. The highest BCUT2D eigenvalue weighted by molar-refractivity contribution is 6.21. The van der Waals surface area contributed by atoms with Crippen molar-refractivity contribution in [2.45, 2.75) is 51.5 Å². The fraction of sp³-hybridized carbons (Fsp3) is 0.600. The van der Waals surface area contributed by atoms with Crippen molar-refractivity contribution in [3.8, 4) is 5.75 Å². The van der Waals surface area contributed by atoms with Crippen LogP contribution in [0.4, 0.5) is 4.39 Å². The Morgan fingerprint density at radius 1 is 1.39 bits per heavy atom. The molecule has 1 fully saturated rings. The Morgan fingerprint density at radius 3 is 2.61 bits per heavy atom. The molecule has 2 atom stereocenters. The third-order valence-electron chi connectivity index (χ3n) is 4.43. The van der Waals surface area contributed by atoms with Crippen LogP contribution < -0.4 is 4.74 Å². The zero-order valence-corrected chi connectivity index (χ0v) is 11.9. The van der Waals surface area contributed by atoms with Crippen LogP contribution >= 0.6 is 11.6 Å². The number of hydrogen-bond donors (Lipinski definition) is 0. The Morgan fingerprint density at radius 2 is 2.06 bits per heavy atom. The van der Waals surface area contributed by atoms with Crippen molar-refractivity contribution in [3.63, 3.8) is 0 Å². The van der Waals surface area contributed by atoms with E-state index in [9.17, 15) is 4.39 Å². The monoisotopic (exact) mass is 270 g/mol. The molecule has 0 radical (unpaired) electrons. The van der Waals surface area contributed by atoms with Gasteiger partial charge in [-0.05, 0) is 31.4 Å². The first kappa shape index (κ1) is 13.7. The normalized spacial score (nSPS) is 25.6. The van der Waals surface area contributed by atoms with Crippen LogP contribution in [-0.4, -0.2) is 11.5 Å². The van der Waals surface area contributed by atoms with Gasteiger partial charge >= 0.3 is 0 Å². The van der Waals surface area contributed by atoms with Crippen molar-refractivity contribution >= 4 is 11.6 Å². The van der Waals surface area contributed by atoms with Crippen molar-refractivity contribution in [2.75, 3.05) is 0 Å². The second-order valence-corrected chi connectivity index (χ2v) is 5.66. The van der Waals surface area contributed by atoms with Gasteiger partial charge in [0.15, 0.2) is 11.6 Å². The number of hydrogen-bond acceptors (Lipinski definition) is 1. The van der Waals surface area contributed by atoms with Crippen molar-refractivity contribution in [2.24, 2.45) is 5.41 Å². The lowest BCUT2D eigenvalue weighted by molar-refractivity contribution is -0.0480. The van der Waals surface area contributed by atoms with Gasteiger partial charge in [0.1, 0.15) is 6.10 Å². The summed E-state index contributed by atoms with van der Waals surface area (Å²) in [5.74, 6) is 0.103. The van der Waals surface area contributed by atoms with Crippen LogP contribution in [-0.2, 0) is 0 Å². The van der Waals surface area contributed by atoms with Crippen LogP contribution in [0.5, 0.6) is 5.75 Å². The van der Waals surface area contributed by atoms with Crippen LogP contribution in [0.1, 0.15) is 38.7 Å². The Labute approximate surface area is 113 Å². The molecule has 0 saturated heterocycles. The van der Waals surface area contributed by atoms with E-state index in [1.54, 1.807) is 19.1 Å². The maximum Gasteiger partial charge on any atom is 0.167 e. The molecule has 18 heavy (non-hydrogen) atoms. The number of rotatable bonds is 4. The topological polar surface area (TPSA) is 9.23 Å². The summed E-state index contributed by atoms with van der Waals surface area (Å²) in [6.45, 7) is 6.00. The molecule has 1 saturated carbocycles. The van der Waals surface area contributed by atoms with E-state index in [1.807, 2.05) is 6.07 Å². The van der Waals surface area contributed by atoms with E-state index in [-0.39, 0.29) is 22.7 Å². The average molecular weight is 271 g/mol. The minimum Gasteiger partial charge on any atom is -0.487 e. The van der Waals surface area contributed by atoms with Crippen LogP contribution in [0, 0.1) is 18.2 Å². The van der Waals surface area contributed by atoms with Gasteiger partial charge in [-0.1, -0.05) is 26.0 Å². The van der Waals surface area contributed by atoms with E-state index in [0.29, 0.717) is 11.3 Å². The van der Waals surface area contributed by atoms with E-state index in [4.69, 9.17) is 16.3 Å². The summed E-state index contributed by atoms with van der Waals surface area (Å²) in [6.07, 6.45) is 2.77. The van der Waals surface area contributed by atoms with Gasteiger partial charge in [-0.3, -0.25) is 0 Å². The predicted octanol–water partition coefficient (Wildman–Crippen LogP) is 4.70. The molecule has 2 rings (SSSR count). The fourth-order valence-corrected chi connectivity index (χ4v) is 3.49. The third kappa shape index (κ3) is 2.01. The smallest absolute Gasteiger partial charge is 0.167 e. The van der Waals surface area contributed by atoms with Gasteiger partial charge in [0.2, 0.25) is 0 Å². The first-order chi connectivity index (χ1) is 8.55. The molecule has 1 aromatic carbocycles. The third-order valence-corrected chi connectivity index (χ3v) is 5.04. The lowest BCUT2D eigenvalue weighted by Crippen LogP contribution is -2.56. The first-order valence-electron chi connectivity index (χ1n) is 6.61. The number of alkyl halides is 1. The summed E-state index contributed by atoms with van der Waals surface area (Å²) in [7, 11) is 0. The molecule has 0 heterocycles. The molecule has 1 nitrogen and oxygen atoms in total. The molecule has 3 heteroatoms. The number of halogens is 2. The zero-order chi connectivity index (χ0) is 13.3. The van der Waals surface area contributed by atoms with Gasteiger partial charge in [-0.2, -0.15) is 0 Å². The van der Waals surface area contributed by atoms with E-state index in [1.165, 1.54) is 0 Å². The number of aryl methyl sites for hydroxylation is 1. The van der Waals surface area contributed by atoms with E-state index >= 15 is 0 Å². The van der Waals surface area contributed by atoms with E-state index in [2.05, 4.69) is 13.8 Å². The molecule has 0 aliphatic heterocycles. The summed E-state index contributed by atoms with van der Waals surface area (Å²) >= 11 is 6.33. The van der Waals surface area contributed by atoms with Gasteiger partial charge in [0.25, 0.3) is 0 Å². The molecule has 0 aromatic heterocycles. The summed E-state index contributed by atoms with van der Waals surface area (Å²) < 4.78 is 19.8. The van der Waals surface area contributed by atoms with Crippen molar-refractivity contribution in [3.05, 3.63) is 29.6 Å². The molecule has 0 amide bonds. The number of ether oxygens (including phenoxy) is 1. The molecule has 1 aliphatic rings. The maximum atomic E-state index is 13.9. The van der Waals surface area contributed by atoms with Crippen LogP contribution in [0.25, 0.3) is 0 Å².